The average molecular weight is 403 g/mol. The summed E-state index contributed by atoms with van der Waals surface area (Å²) in [4.78, 5) is 23.7. The maximum atomic E-state index is 11.9. The Balaban J connectivity index is 1.95. The predicted molar refractivity (Wildman–Crippen MR) is 89.5 cm³/mol. The van der Waals surface area contributed by atoms with Gasteiger partial charge in [0, 0.05) is 10.2 Å². The molecule has 0 heterocycles. The highest BCUT2D eigenvalue weighted by Crippen LogP contribution is 2.25. The standard InChI is InChI=1S/C15H10BrCl2NO3/c16-9-3-1-4-10(7-9)19-13(20)8-22-15(21)14-11(17)5-2-6-12(14)18/h1-7H,8H2,(H,19,20). The van der Waals surface area contributed by atoms with Gasteiger partial charge in [0.15, 0.2) is 6.61 Å². The second-order valence-electron chi connectivity index (χ2n) is 4.23. The van der Waals surface area contributed by atoms with Crippen LogP contribution in [0.4, 0.5) is 5.69 Å². The summed E-state index contributed by atoms with van der Waals surface area (Å²) in [6, 6.07) is 11.7. The zero-order valence-electron chi connectivity index (χ0n) is 11.1. The average Bonchev–Trinajstić information content (AvgIpc) is 2.45. The summed E-state index contributed by atoms with van der Waals surface area (Å²) in [5.41, 5.74) is 0.632. The molecule has 0 saturated carbocycles. The molecule has 0 atom stereocenters. The maximum absolute atomic E-state index is 11.9. The molecule has 0 aliphatic heterocycles. The first-order valence-corrected chi connectivity index (χ1v) is 7.69. The van der Waals surface area contributed by atoms with Gasteiger partial charge < -0.3 is 10.1 Å². The van der Waals surface area contributed by atoms with Gasteiger partial charge in [0.1, 0.15) is 0 Å². The Morgan fingerprint density at radius 3 is 2.36 bits per heavy atom. The molecule has 0 saturated heterocycles. The molecule has 1 N–H and O–H groups in total. The highest BCUT2D eigenvalue weighted by atomic mass is 79.9. The van der Waals surface area contributed by atoms with E-state index in [1.165, 1.54) is 12.1 Å². The molecule has 0 aliphatic rings. The number of rotatable bonds is 4. The topological polar surface area (TPSA) is 55.4 Å². The molecule has 114 valence electrons. The van der Waals surface area contributed by atoms with Crippen LogP contribution in [0.2, 0.25) is 10.0 Å². The zero-order chi connectivity index (χ0) is 16.1. The second kappa shape index (κ2) is 7.63. The Labute approximate surface area is 145 Å². The number of anilines is 1. The van der Waals surface area contributed by atoms with Crippen molar-refractivity contribution in [2.45, 2.75) is 0 Å². The predicted octanol–water partition coefficient (Wildman–Crippen LogP) is 4.55. The van der Waals surface area contributed by atoms with Crippen LogP contribution in [0.25, 0.3) is 0 Å². The van der Waals surface area contributed by atoms with Gasteiger partial charge in [-0.05, 0) is 30.3 Å². The molecule has 7 heteroatoms. The summed E-state index contributed by atoms with van der Waals surface area (Å²) in [7, 11) is 0. The molecule has 4 nitrogen and oxygen atoms in total. The van der Waals surface area contributed by atoms with Gasteiger partial charge in [-0.25, -0.2) is 4.79 Å². The molecular formula is C15H10BrCl2NO3. The summed E-state index contributed by atoms with van der Waals surface area (Å²) in [6.45, 7) is -0.438. The minimum Gasteiger partial charge on any atom is -0.452 e. The molecule has 22 heavy (non-hydrogen) atoms. The number of carbonyl (C=O) groups is 2. The van der Waals surface area contributed by atoms with Crippen molar-refractivity contribution in [1.29, 1.82) is 0 Å². The van der Waals surface area contributed by atoms with Crippen LogP contribution >= 0.6 is 39.1 Å². The van der Waals surface area contributed by atoms with Crippen molar-refractivity contribution in [2.75, 3.05) is 11.9 Å². The van der Waals surface area contributed by atoms with Crippen LogP contribution in [-0.4, -0.2) is 18.5 Å². The first-order valence-electron chi connectivity index (χ1n) is 6.14. The van der Waals surface area contributed by atoms with Crippen molar-refractivity contribution in [3.63, 3.8) is 0 Å². The Bertz CT molecular complexity index is 701. The van der Waals surface area contributed by atoms with E-state index in [4.69, 9.17) is 27.9 Å². The third-order valence-electron chi connectivity index (χ3n) is 2.61. The van der Waals surface area contributed by atoms with E-state index in [1.54, 1.807) is 24.3 Å². The van der Waals surface area contributed by atoms with Gasteiger partial charge in [-0.2, -0.15) is 0 Å². The number of benzene rings is 2. The Kier molecular flexibility index (Phi) is 5.83. The molecule has 0 bridgehead atoms. The number of halogens is 3. The lowest BCUT2D eigenvalue weighted by Gasteiger charge is -2.08. The van der Waals surface area contributed by atoms with Crippen molar-refractivity contribution >= 4 is 56.7 Å². The van der Waals surface area contributed by atoms with Gasteiger partial charge in [0.2, 0.25) is 0 Å². The summed E-state index contributed by atoms with van der Waals surface area (Å²) in [5.74, 6) is -1.21. The molecular weight excluding hydrogens is 393 g/mol. The second-order valence-corrected chi connectivity index (χ2v) is 5.96. The van der Waals surface area contributed by atoms with Gasteiger partial charge in [-0.15, -0.1) is 0 Å². The van der Waals surface area contributed by atoms with Crippen LogP contribution in [0.3, 0.4) is 0 Å². The summed E-state index contributed by atoms with van der Waals surface area (Å²) in [6.07, 6.45) is 0. The Hall–Kier alpha value is -1.56. The van der Waals surface area contributed by atoms with Crippen LogP contribution in [0.1, 0.15) is 10.4 Å². The van der Waals surface area contributed by atoms with E-state index in [1.807, 2.05) is 6.07 Å². The molecule has 0 radical (unpaired) electrons. The molecule has 0 aromatic heterocycles. The number of hydrogen-bond acceptors (Lipinski definition) is 3. The molecule has 0 aliphatic carbocycles. The van der Waals surface area contributed by atoms with E-state index in [0.717, 1.165) is 4.47 Å². The number of nitrogens with one attached hydrogen (secondary N) is 1. The lowest BCUT2D eigenvalue weighted by atomic mass is 10.2. The fourth-order valence-corrected chi connectivity index (χ4v) is 2.61. The molecule has 0 unspecified atom stereocenters. The van der Waals surface area contributed by atoms with E-state index in [9.17, 15) is 9.59 Å². The maximum Gasteiger partial charge on any atom is 0.341 e. The number of ether oxygens (including phenoxy) is 1. The third-order valence-corrected chi connectivity index (χ3v) is 3.73. The lowest BCUT2D eigenvalue weighted by Crippen LogP contribution is -2.21. The van der Waals surface area contributed by atoms with E-state index in [0.29, 0.717) is 5.69 Å². The number of carbonyl (C=O) groups excluding carboxylic acids is 2. The van der Waals surface area contributed by atoms with Crippen LogP contribution in [0, 0.1) is 0 Å². The fourth-order valence-electron chi connectivity index (χ4n) is 1.66. The van der Waals surface area contributed by atoms with Crippen molar-refractivity contribution in [3.8, 4) is 0 Å². The van der Waals surface area contributed by atoms with Crippen LogP contribution < -0.4 is 5.32 Å². The largest absolute Gasteiger partial charge is 0.452 e. The molecule has 2 aromatic rings. The van der Waals surface area contributed by atoms with Gasteiger partial charge in [0.25, 0.3) is 5.91 Å². The van der Waals surface area contributed by atoms with E-state index < -0.39 is 18.5 Å². The smallest absolute Gasteiger partial charge is 0.341 e. The van der Waals surface area contributed by atoms with Crippen molar-refractivity contribution in [3.05, 3.63) is 62.5 Å². The van der Waals surface area contributed by atoms with E-state index in [2.05, 4.69) is 21.2 Å². The zero-order valence-corrected chi connectivity index (χ0v) is 14.2. The highest BCUT2D eigenvalue weighted by molar-refractivity contribution is 9.10. The van der Waals surface area contributed by atoms with Crippen molar-refractivity contribution in [2.24, 2.45) is 0 Å². The van der Waals surface area contributed by atoms with Crippen LogP contribution in [0.15, 0.2) is 46.9 Å². The van der Waals surface area contributed by atoms with Gasteiger partial charge in [-0.1, -0.05) is 51.3 Å². The van der Waals surface area contributed by atoms with Crippen LogP contribution in [0.5, 0.6) is 0 Å². The van der Waals surface area contributed by atoms with Gasteiger partial charge in [-0.3, -0.25) is 4.79 Å². The first-order chi connectivity index (χ1) is 10.5. The number of amides is 1. The number of hydrogen-bond donors (Lipinski definition) is 1. The van der Waals surface area contributed by atoms with Gasteiger partial charge >= 0.3 is 5.97 Å². The molecule has 0 spiro atoms. The minimum atomic E-state index is -0.750. The lowest BCUT2D eigenvalue weighted by molar-refractivity contribution is -0.119. The molecule has 0 fully saturated rings. The third kappa shape index (κ3) is 4.47. The number of esters is 1. The first kappa shape index (κ1) is 16.8. The highest BCUT2D eigenvalue weighted by Gasteiger charge is 2.17. The van der Waals surface area contributed by atoms with E-state index >= 15 is 0 Å². The van der Waals surface area contributed by atoms with Gasteiger partial charge in [0.05, 0.1) is 15.6 Å². The van der Waals surface area contributed by atoms with Crippen molar-refractivity contribution in [1.82, 2.24) is 0 Å². The Morgan fingerprint density at radius 2 is 1.73 bits per heavy atom. The minimum absolute atomic E-state index is 0.0427. The molecule has 2 aromatic carbocycles. The summed E-state index contributed by atoms with van der Waals surface area (Å²) >= 11 is 15.1. The normalized spacial score (nSPS) is 10.1. The quantitative estimate of drug-likeness (QED) is 0.763. The van der Waals surface area contributed by atoms with Crippen LogP contribution in [-0.2, 0) is 9.53 Å². The molecule has 1 amide bonds. The van der Waals surface area contributed by atoms with Crippen molar-refractivity contribution < 1.29 is 14.3 Å². The fraction of sp³-hybridized carbons (Fsp3) is 0.0667. The summed E-state index contributed by atoms with van der Waals surface area (Å²) < 4.78 is 5.75. The Morgan fingerprint density at radius 1 is 1.09 bits per heavy atom. The molecule has 2 rings (SSSR count). The SMILES string of the molecule is O=C(COC(=O)c1c(Cl)cccc1Cl)Nc1cccc(Br)c1. The van der Waals surface area contributed by atoms with E-state index in [-0.39, 0.29) is 15.6 Å². The monoisotopic (exact) mass is 401 g/mol. The summed E-state index contributed by atoms with van der Waals surface area (Å²) in [5, 5.41) is 2.95.